The lowest BCUT2D eigenvalue weighted by Crippen LogP contribution is -2.26. The first-order valence-corrected chi connectivity index (χ1v) is 8.49. The van der Waals surface area contributed by atoms with E-state index in [4.69, 9.17) is 4.74 Å². The number of hydrogen-bond donors (Lipinski definition) is 1. The van der Waals surface area contributed by atoms with Gasteiger partial charge in [-0.2, -0.15) is 0 Å². The summed E-state index contributed by atoms with van der Waals surface area (Å²) in [5.74, 6) is 0.853. The average molecular weight is 299 g/mol. The van der Waals surface area contributed by atoms with E-state index in [1.807, 2.05) is 25.1 Å². The van der Waals surface area contributed by atoms with E-state index in [1.54, 1.807) is 7.11 Å². The van der Waals surface area contributed by atoms with Gasteiger partial charge in [-0.05, 0) is 23.5 Å². The van der Waals surface area contributed by atoms with E-state index in [-0.39, 0.29) is 17.7 Å². The van der Waals surface area contributed by atoms with Crippen LogP contribution in [0.3, 0.4) is 0 Å². The quantitative estimate of drug-likeness (QED) is 0.879. The van der Waals surface area contributed by atoms with Crippen molar-refractivity contribution in [3.8, 4) is 5.75 Å². The molecule has 0 fully saturated rings. The summed E-state index contributed by atoms with van der Waals surface area (Å²) in [6, 6.07) is 5.92. The summed E-state index contributed by atoms with van der Waals surface area (Å²) in [7, 11) is -1.62. The number of benzene rings is 1. The van der Waals surface area contributed by atoms with Crippen molar-refractivity contribution in [2.45, 2.75) is 46.1 Å². The van der Waals surface area contributed by atoms with Crippen molar-refractivity contribution in [3.63, 3.8) is 0 Å². The first-order valence-electron chi connectivity index (χ1n) is 6.84. The summed E-state index contributed by atoms with van der Waals surface area (Å²) in [5, 5.41) is 0. The Hall–Kier alpha value is -1.07. The molecular weight excluding hydrogens is 274 g/mol. The number of sulfonamides is 1. The Morgan fingerprint density at radius 1 is 1.25 bits per heavy atom. The maximum absolute atomic E-state index is 11.7. The second-order valence-corrected chi connectivity index (χ2v) is 7.84. The molecule has 0 radical (unpaired) electrons. The van der Waals surface area contributed by atoms with Crippen molar-refractivity contribution < 1.29 is 13.2 Å². The molecule has 0 aromatic heterocycles. The highest BCUT2D eigenvalue weighted by atomic mass is 32.2. The third-order valence-electron chi connectivity index (χ3n) is 3.10. The fourth-order valence-corrected chi connectivity index (χ4v) is 2.97. The normalized spacial score (nSPS) is 12.4. The van der Waals surface area contributed by atoms with Crippen LogP contribution in [0.5, 0.6) is 5.75 Å². The van der Waals surface area contributed by atoms with Crippen LogP contribution >= 0.6 is 0 Å². The van der Waals surface area contributed by atoms with Gasteiger partial charge in [0.15, 0.2) is 0 Å². The Morgan fingerprint density at radius 2 is 1.90 bits per heavy atom. The third-order valence-corrected chi connectivity index (χ3v) is 4.63. The summed E-state index contributed by atoms with van der Waals surface area (Å²) in [6.45, 7) is 8.48. The molecule has 0 saturated carbocycles. The Kier molecular flexibility index (Phi) is 5.59. The Bertz CT molecular complexity index is 545. The van der Waals surface area contributed by atoms with Crippen LogP contribution in [0.15, 0.2) is 18.2 Å². The largest absolute Gasteiger partial charge is 0.496 e. The van der Waals surface area contributed by atoms with Gasteiger partial charge in [-0.15, -0.1) is 0 Å². The zero-order chi connectivity index (χ0) is 15.4. The Morgan fingerprint density at radius 3 is 2.40 bits per heavy atom. The molecule has 114 valence electrons. The van der Waals surface area contributed by atoms with E-state index in [0.29, 0.717) is 12.2 Å². The van der Waals surface area contributed by atoms with Gasteiger partial charge < -0.3 is 4.74 Å². The van der Waals surface area contributed by atoms with Gasteiger partial charge in [0.1, 0.15) is 5.75 Å². The molecule has 1 aromatic rings. The van der Waals surface area contributed by atoms with E-state index < -0.39 is 10.0 Å². The summed E-state index contributed by atoms with van der Waals surface area (Å²) >= 11 is 0. The molecular formula is C15H25NO3S. The van der Waals surface area contributed by atoms with Crippen molar-refractivity contribution in [1.82, 2.24) is 4.72 Å². The summed E-state index contributed by atoms with van der Waals surface area (Å²) in [5.41, 5.74) is 2.03. The van der Waals surface area contributed by atoms with Crippen LogP contribution in [0, 0.1) is 0 Å². The van der Waals surface area contributed by atoms with Gasteiger partial charge in [-0.25, -0.2) is 13.1 Å². The molecule has 0 amide bonds. The van der Waals surface area contributed by atoms with Crippen molar-refractivity contribution in [1.29, 1.82) is 0 Å². The fraction of sp³-hybridized carbons (Fsp3) is 0.600. The molecule has 0 heterocycles. The molecule has 0 atom stereocenters. The van der Waals surface area contributed by atoms with Crippen molar-refractivity contribution >= 4 is 10.0 Å². The van der Waals surface area contributed by atoms with Crippen molar-refractivity contribution in [2.75, 3.05) is 12.9 Å². The maximum atomic E-state index is 11.7. The molecule has 0 aliphatic carbocycles. The molecule has 1 N–H and O–H groups in total. The van der Waals surface area contributed by atoms with Gasteiger partial charge in [0.25, 0.3) is 0 Å². The topological polar surface area (TPSA) is 55.4 Å². The minimum Gasteiger partial charge on any atom is -0.496 e. The Labute approximate surface area is 122 Å². The van der Waals surface area contributed by atoms with Gasteiger partial charge in [-0.3, -0.25) is 0 Å². The number of hydrogen-bond acceptors (Lipinski definition) is 3. The number of nitrogens with one attached hydrogen (secondary N) is 1. The number of rotatable bonds is 6. The molecule has 0 unspecified atom stereocenters. The first-order chi connectivity index (χ1) is 9.19. The minimum absolute atomic E-state index is 0.0172. The monoisotopic (exact) mass is 299 g/mol. The summed E-state index contributed by atoms with van der Waals surface area (Å²) in [6.07, 6.45) is 0.606. The minimum atomic E-state index is -3.21. The molecule has 0 bridgehead atoms. The standard InChI is InChI=1S/C15H25NO3S/c1-6-9-20(17,18)16-11-12-10-13(15(2,3)4)7-8-14(12)19-5/h7-8,10,16H,6,9,11H2,1-5H3. The van der Waals surface area contributed by atoms with Crippen LogP contribution in [0.1, 0.15) is 45.2 Å². The van der Waals surface area contributed by atoms with Crippen LogP contribution in [0.25, 0.3) is 0 Å². The Balaban J connectivity index is 2.98. The van der Waals surface area contributed by atoms with Gasteiger partial charge >= 0.3 is 0 Å². The molecule has 0 saturated heterocycles. The van der Waals surface area contributed by atoms with Crippen molar-refractivity contribution in [3.05, 3.63) is 29.3 Å². The van der Waals surface area contributed by atoms with E-state index in [1.165, 1.54) is 0 Å². The molecule has 5 heteroatoms. The highest BCUT2D eigenvalue weighted by Crippen LogP contribution is 2.28. The maximum Gasteiger partial charge on any atom is 0.211 e. The van der Waals surface area contributed by atoms with Crippen LogP contribution in [0.2, 0.25) is 0 Å². The highest BCUT2D eigenvalue weighted by molar-refractivity contribution is 7.89. The van der Waals surface area contributed by atoms with Gasteiger partial charge in [0.05, 0.1) is 12.9 Å². The molecule has 1 rings (SSSR count). The third kappa shape index (κ3) is 4.80. The number of methoxy groups -OCH3 is 1. The molecule has 4 nitrogen and oxygen atoms in total. The second kappa shape index (κ2) is 6.59. The highest BCUT2D eigenvalue weighted by Gasteiger charge is 2.17. The van der Waals surface area contributed by atoms with E-state index >= 15 is 0 Å². The first kappa shape index (κ1) is 17.0. The summed E-state index contributed by atoms with van der Waals surface area (Å²) in [4.78, 5) is 0. The van der Waals surface area contributed by atoms with Gasteiger partial charge in [0, 0.05) is 12.1 Å². The lowest BCUT2D eigenvalue weighted by Gasteiger charge is -2.21. The lowest BCUT2D eigenvalue weighted by molar-refractivity contribution is 0.408. The fourth-order valence-electron chi connectivity index (χ4n) is 1.91. The van der Waals surface area contributed by atoms with Crippen LogP contribution in [-0.2, 0) is 22.0 Å². The van der Waals surface area contributed by atoms with E-state index in [0.717, 1.165) is 11.1 Å². The zero-order valence-electron chi connectivity index (χ0n) is 13.0. The average Bonchev–Trinajstić information content (AvgIpc) is 2.35. The van der Waals surface area contributed by atoms with Crippen LogP contribution < -0.4 is 9.46 Å². The van der Waals surface area contributed by atoms with E-state index in [2.05, 4.69) is 25.5 Å². The number of ether oxygens (including phenoxy) is 1. The van der Waals surface area contributed by atoms with Gasteiger partial charge in [-0.1, -0.05) is 39.8 Å². The second-order valence-electron chi connectivity index (χ2n) is 5.92. The molecule has 0 aliphatic heterocycles. The predicted octanol–water partition coefficient (Wildman–Crippen LogP) is 2.82. The molecule has 0 spiro atoms. The predicted molar refractivity (Wildman–Crippen MR) is 82.6 cm³/mol. The SMILES string of the molecule is CCCS(=O)(=O)NCc1cc(C(C)(C)C)ccc1OC. The zero-order valence-corrected chi connectivity index (χ0v) is 13.8. The van der Waals surface area contributed by atoms with E-state index in [9.17, 15) is 8.42 Å². The van der Waals surface area contributed by atoms with Crippen LogP contribution in [-0.4, -0.2) is 21.3 Å². The molecule has 0 aliphatic rings. The smallest absolute Gasteiger partial charge is 0.211 e. The summed E-state index contributed by atoms with van der Waals surface area (Å²) < 4.78 is 31.4. The van der Waals surface area contributed by atoms with Crippen LogP contribution in [0.4, 0.5) is 0 Å². The molecule has 1 aromatic carbocycles. The lowest BCUT2D eigenvalue weighted by atomic mass is 9.86. The van der Waals surface area contributed by atoms with Gasteiger partial charge in [0.2, 0.25) is 10.0 Å². The van der Waals surface area contributed by atoms with Crippen molar-refractivity contribution in [2.24, 2.45) is 0 Å². The molecule has 20 heavy (non-hydrogen) atoms.